The van der Waals surface area contributed by atoms with Gasteiger partial charge in [-0.1, -0.05) is 36.8 Å². The lowest BCUT2D eigenvalue weighted by Crippen LogP contribution is -2.42. The standard InChI is InChI=1S/C22H26N2O4/c1-22(2,23-21(25)27-14-15-7-4-3-5-8-15)16-11-12-24(26)19(13-16)28-20-17-9-6-10-18(17)20/h3-5,7-8,11-13,17-18,20H,6,9-10,14H2,1-2H3,(H,23,25)/t17-,18+,20+. The zero-order valence-corrected chi connectivity index (χ0v) is 16.3. The first-order chi connectivity index (χ1) is 13.4. The Morgan fingerprint density at radius 1 is 1.21 bits per heavy atom. The number of amides is 1. The molecule has 2 aliphatic rings. The second-order valence-electron chi connectivity index (χ2n) is 8.23. The summed E-state index contributed by atoms with van der Waals surface area (Å²) < 4.78 is 12.0. The lowest BCUT2D eigenvalue weighted by molar-refractivity contribution is -0.613. The number of ether oxygens (including phenoxy) is 2. The fourth-order valence-corrected chi connectivity index (χ4v) is 4.10. The summed E-state index contributed by atoms with van der Waals surface area (Å²) in [5.74, 6) is 1.50. The van der Waals surface area contributed by atoms with Crippen LogP contribution in [0.15, 0.2) is 48.7 Å². The maximum absolute atomic E-state index is 12.2. The summed E-state index contributed by atoms with van der Waals surface area (Å²) in [6.45, 7) is 3.95. The number of carbonyl (C=O) groups is 1. The van der Waals surface area contributed by atoms with Crippen LogP contribution in [0.3, 0.4) is 0 Å². The van der Waals surface area contributed by atoms with Gasteiger partial charge in [-0.25, -0.2) is 4.79 Å². The third-order valence-electron chi connectivity index (χ3n) is 5.82. The van der Waals surface area contributed by atoms with Crippen molar-refractivity contribution in [2.45, 2.75) is 51.4 Å². The van der Waals surface area contributed by atoms with Crippen LogP contribution in [0.2, 0.25) is 0 Å². The molecule has 3 atom stereocenters. The average Bonchev–Trinajstić information content (AvgIpc) is 3.09. The topological polar surface area (TPSA) is 74.5 Å². The summed E-state index contributed by atoms with van der Waals surface area (Å²) in [4.78, 5) is 12.2. The molecule has 4 rings (SSSR count). The van der Waals surface area contributed by atoms with Gasteiger partial charge < -0.3 is 20.0 Å². The Kier molecular flexibility index (Phi) is 4.87. The van der Waals surface area contributed by atoms with E-state index in [1.165, 1.54) is 25.5 Å². The van der Waals surface area contributed by atoms with Gasteiger partial charge in [-0.3, -0.25) is 0 Å². The van der Waals surface area contributed by atoms with Gasteiger partial charge in [0, 0.05) is 17.9 Å². The van der Waals surface area contributed by atoms with Crippen LogP contribution in [-0.2, 0) is 16.9 Å². The predicted molar refractivity (Wildman–Crippen MR) is 103 cm³/mol. The maximum atomic E-state index is 12.2. The van der Waals surface area contributed by atoms with Gasteiger partial charge in [0.15, 0.2) is 6.20 Å². The van der Waals surface area contributed by atoms with Crippen molar-refractivity contribution < 1.29 is 19.0 Å². The van der Waals surface area contributed by atoms with E-state index in [1.54, 1.807) is 12.1 Å². The number of aromatic nitrogens is 1. The molecular formula is C22H26N2O4. The smallest absolute Gasteiger partial charge is 0.408 e. The van der Waals surface area contributed by atoms with E-state index >= 15 is 0 Å². The third-order valence-corrected chi connectivity index (χ3v) is 5.82. The molecule has 0 aliphatic heterocycles. The Hall–Kier alpha value is -2.76. The molecule has 2 fully saturated rings. The Morgan fingerprint density at radius 3 is 2.64 bits per heavy atom. The predicted octanol–water partition coefficient (Wildman–Crippen LogP) is 3.66. The quantitative estimate of drug-likeness (QED) is 0.611. The second-order valence-corrected chi connectivity index (χ2v) is 8.23. The minimum Gasteiger partial charge on any atom is -0.616 e. The normalized spacial score (nSPS) is 23.0. The number of benzene rings is 1. The minimum absolute atomic E-state index is 0.163. The molecule has 0 radical (unpaired) electrons. The molecule has 2 saturated carbocycles. The molecule has 148 valence electrons. The number of pyridine rings is 1. The van der Waals surface area contributed by atoms with Crippen molar-refractivity contribution in [3.63, 3.8) is 0 Å². The van der Waals surface area contributed by atoms with Crippen molar-refractivity contribution in [2.24, 2.45) is 11.8 Å². The highest BCUT2D eigenvalue weighted by molar-refractivity contribution is 5.68. The van der Waals surface area contributed by atoms with Crippen LogP contribution < -0.4 is 14.8 Å². The molecule has 2 aromatic rings. The van der Waals surface area contributed by atoms with E-state index < -0.39 is 11.6 Å². The van der Waals surface area contributed by atoms with Crippen LogP contribution in [0.5, 0.6) is 5.88 Å². The van der Waals surface area contributed by atoms with E-state index in [0.717, 1.165) is 15.9 Å². The summed E-state index contributed by atoms with van der Waals surface area (Å²) in [6, 6.07) is 12.9. The summed E-state index contributed by atoms with van der Waals surface area (Å²) in [5, 5.41) is 15.0. The van der Waals surface area contributed by atoms with Crippen LogP contribution >= 0.6 is 0 Å². The van der Waals surface area contributed by atoms with Crippen molar-refractivity contribution in [2.75, 3.05) is 0 Å². The number of nitrogens with one attached hydrogen (secondary N) is 1. The summed E-state index contributed by atoms with van der Waals surface area (Å²) >= 11 is 0. The molecule has 0 bridgehead atoms. The molecule has 28 heavy (non-hydrogen) atoms. The second kappa shape index (κ2) is 7.34. The van der Waals surface area contributed by atoms with Gasteiger partial charge in [-0.15, -0.1) is 4.73 Å². The molecule has 1 aromatic heterocycles. The molecule has 1 N–H and O–H groups in total. The van der Waals surface area contributed by atoms with E-state index in [2.05, 4.69) is 5.32 Å². The Morgan fingerprint density at radius 2 is 1.93 bits per heavy atom. The largest absolute Gasteiger partial charge is 0.616 e. The van der Waals surface area contributed by atoms with Crippen LogP contribution in [0.25, 0.3) is 0 Å². The van der Waals surface area contributed by atoms with E-state index in [-0.39, 0.29) is 12.7 Å². The molecule has 1 heterocycles. The highest BCUT2D eigenvalue weighted by Gasteiger charge is 2.55. The summed E-state index contributed by atoms with van der Waals surface area (Å²) in [5.41, 5.74) is 1.00. The molecule has 0 unspecified atom stereocenters. The monoisotopic (exact) mass is 382 g/mol. The lowest BCUT2D eigenvalue weighted by atomic mass is 9.95. The Balaban J connectivity index is 1.39. The maximum Gasteiger partial charge on any atom is 0.408 e. The van der Waals surface area contributed by atoms with Crippen LogP contribution in [-0.4, -0.2) is 12.2 Å². The Bertz CT molecular complexity index is 843. The van der Waals surface area contributed by atoms with Crippen LogP contribution in [0.1, 0.15) is 44.2 Å². The first-order valence-corrected chi connectivity index (χ1v) is 9.83. The van der Waals surface area contributed by atoms with Gasteiger partial charge in [0.1, 0.15) is 12.7 Å². The first kappa shape index (κ1) is 18.6. The van der Waals surface area contributed by atoms with E-state index in [0.29, 0.717) is 17.7 Å². The number of carbonyl (C=O) groups excluding carboxylic acids is 1. The molecule has 2 aliphatic carbocycles. The third kappa shape index (κ3) is 3.91. The van der Waals surface area contributed by atoms with Gasteiger partial charge in [-0.2, -0.15) is 0 Å². The molecule has 6 nitrogen and oxygen atoms in total. The number of alkyl carbamates (subject to hydrolysis) is 1. The Labute approximate surface area is 165 Å². The van der Waals surface area contributed by atoms with Gasteiger partial charge in [-0.05, 0) is 37.8 Å². The molecule has 1 amide bonds. The van der Waals surface area contributed by atoms with Crippen molar-refractivity contribution in [1.82, 2.24) is 5.32 Å². The van der Waals surface area contributed by atoms with Crippen molar-refractivity contribution in [1.29, 1.82) is 0 Å². The van der Waals surface area contributed by atoms with Gasteiger partial charge >= 0.3 is 12.0 Å². The van der Waals surface area contributed by atoms with E-state index in [9.17, 15) is 10.0 Å². The SMILES string of the molecule is CC(C)(NC(=O)OCc1ccccc1)c1cc[n+]([O-])c(O[C@H]2[C@@H]3CCC[C@@H]32)c1. The molecule has 6 heteroatoms. The van der Waals surface area contributed by atoms with Gasteiger partial charge in [0.05, 0.1) is 11.6 Å². The summed E-state index contributed by atoms with van der Waals surface area (Å²) in [7, 11) is 0. The van der Waals surface area contributed by atoms with Crippen molar-refractivity contribution in [3.8, 4) is 5.88 Å². The number of rotatable bonds is 6. The highest BCUT2D eigenvalue weighted by Crippen LogP contribution is 2.53. The molecule has 0 spiro atoms. The lowest BCUT2D eigenvalue weighted by Gasteiger charge is -2.26. The molecular weight excluding hydrogens is 356 g/mol. The van der Waals surface area contributed by atoms with Gasteiger partial charge in [0.25, 0.3) is 0 Å². The van der Waals surface area contributed by atoms with Gasteiger partial charge in [0.2, 0.25) is 0 Å². The molecule has 0 saturated heterocycles. The highest BCUT2D eigenvalue weighted by atomic mass is 16.6. The minimum atomic E-state index is -0.709. The number of hydrogen-bond acceptors (Lipinski definition) is 4. The number of hydrogen-bond donors (Lipinski definition) is 1. The summed E-state index contributed by atoms with van der Waals surface area (Å²) in [6.07, 6.45) is 4.72. The van der Waals surface area contributed by atoms with Crippen molar-refractivity contribution in [3.05, 3.63) is 65.0 Å². The zero-order chi connectivity index (χ0) is 19.7. The first-order valence-electron chi connectivity index (χ1n) is 9.83. The van der Waals surface area contributed by atoms with E-state index in [1.807, 2.05) is 44.2 Å². The number of fused-ring (bicyclic) bond motifs is 1. The fraction of sp³-hybridized carbons (Fsp3) is 0.455. The number of nitrogens with zero attached hydrogens (tertiary/aromatic N) is 1. The van der Waals surface area contributed by atoms with Crippen LogP contribution in [0, 0.1) is 17.0 Å². The van der Waals surface area contributed by atoms with Crippen LogP contribution in [0.4, 0.5) is 4.79 Å². The fourth-order valence-electron chi connectivity index (χ4n) is 4.10. The zero-order valence-electron chi connectivity index (χ0n) is 16.3. The average molecular weight is 382 g/mol. The van der Waals surface area contributed by atoms with E-state index in [4.69, 9.17) is 9.47 Å². The van der Waals surface area contributed by atoms with Crippen molar-refractivity contribution >= 4 is 6.09 Å². The molecule has 1 aromatic carbocycles.